The van der Waals surface area contributed by atoms with Crippen LogP contribution < -0.4 is 0 Å². The van der Waals surface area contributed by atoms with Crippen LogP contribution in [0.2, 0.25) is 0 Å². The summed E-state index contributed by atoms with van der Waals surface area (Å²) in [6.07, 6.45) is 2.71. The van der Waals surface area contributed by atoms with E-state index in [2.05, 4.69) is 46.7 Å². The van der Waals surface area contributed by atoms with Crippen LogP contribution in [0.4, 0.5) is 0 Å². The van der Waals surface area contributed by atoms with Crippen molar-refractivity contribution in [1.82, 2.24) is 4.90 Å². The number of halogens is 1. The van der Waals surface area contributed by atoms with Crippen molar-refractivity contribution in [2.75, 3.05) is 13.1 Å². The van der Waals surface area contributed by atoms with E-state index in [9.17, 15) is 0 Å². The van der Waals surface area contributed by atoms with Crippen LogP contribution in [0.15, 0.2) is 41.8 Å². The van der Waals surface area contributed by atoms with E-state index in [1.165, 1.54) is 31.5 Å². The summed E-state index contributed by atoms with van der Waals surface area (Å²) in [4.78, 5) is 4.30. The SMILES string of the molecule is Br.c1ccc([C@@H]2CN3CCC[C@H]3c3ccsc32)cc1. The van der Waals surface area contributed by atoms with Gasteiger partial charge in [0.1, 0.15) is 0 Å². The fourth-order valence-electron chi connectivity index (χ4n) is 3.55. The molecule has 0 bridgehead atoms. The van der Waals surface area contributed by atoms with E-state index < -0.39 is 0 Å². The molecule has 0 amide bonds. The van der Waals surface area contributed by atoms with Gasteiger partial charge in [0.2, 0.25) is 0 Å². The molecule has 0 spiro atoms. The van der Waals surface area contributed by atoms with Crippen LogP contribution in [0.3, 0.4) is 0 Å². The van der Waals surface area contributed by atoms with E-state index in [-0.39, 0.29) is 17.0 Å². The van der Waals surface area contributed by atoms with Crippen LogP contribution in [-0.2, 0) is 0 Å². The molecule has 3 heterocycles. The topological polar surface area (TPSA) is 3.24 Å². The maximum Gasteiger partial charge on any atom is 0.0360 e. The van der Waals surface area contributed by atoms with E-state index in [1.807, 2.05) is 11.3 Å². The molecule has 3 heteroatoms. The van der Waals surface area contributed by atoms with Gasteiger partial charge in [-0.2, -0.15) is 0 Å². The highest BCUT2D eigenvalue weighted by molar-refractivity contribution is 8.93. The fraction of sp³-hybridized carbons (Fsp3) is 0.375. The standard InChI is InChI=1S/C16H17NS.BrH/c1-2-5-12(6-3-1)14-11-17-9-4-7-15(17)13-8-10-18-16(13)14;/h1-3,5-6,8,10,14-15H,4,7,9,11H2;1H/t14-,15-;/m0./s1. The Morgan fingerprint density at radius 1 is 1.11 bits per heavy atom. The zero-order chi connectivity index (χ0) is 11.9. The number of hydrogen-bond donors (Lipinski definition) is 0. The Labute approximate surface area is 129 Å². The first-order valence-corrected chi connectivity index (χ1v) is 7.68. The third-order valence-electron chi connectivity index (χ3n) is 4.39. The Kier molecular flexibility index (Phi) is 3.79. The number of rotatable bonds is 1. The van der Waals surface area contributed by atoms with Gasteiger partial charge < -0.3 is 0 Å². The van der Waals surface area contributed by atoms with Crippen LogP contribution in [0, 0.1) is 0 Å². The first-order chi connectivity index (χ1) is 8.93. The van der Waals surface area contributed by atoms with E-state index in [0.717, 1.165) is 0 Å². The summed E-state index contributed by atoms with van der Waals surface area (Å²) < 4.78 is 0. The van der Waals surface area contributed by atoms with Gasteiger partial charge in [-0.15, -0.1) is 28.3 Å². The zero-order valence-corrected chi connectivity index (χ0v) is 13.3. The summed E-state index contributed by atoms with van der Waals surface area (Å²) in [5.74, 6) is 0.593. The normalized spacial score (nSPS) is 25.5. The molecular formula is C16H18BrNS. The van der Waals surface area contributed by atoms with Crippen LogP contribution in [0.5, 0.6) is 0 Å². The summed E-state index contributed by atoms with van der Waals surface area (Å²) in [5, 5.41) is 2.28. The summed E-state index contributed by atoms with van der Waals surface area (Å²) in [7, 11) is 0. The van der Waals surface area contributed by atoms with Gasteiger partial charge in [0.05, 0.1) is 0 Å². The second-order valence-corrected chi connectivity index (χ2v) is 6.30. The molecule has 4 rings (SSSR count). The van der Waals surface area contributed by atoms with Crippen LogP contribution in [0.25, 0.3) is 0 Å². The molecule has 1 aromatic carbocycles. The predicted molar refractivity (Wildman–Crippen MR) is 86.5 cm³/mol. The van der Waals surface area contributed by atoms with Gasteiger partial charge in [-0.25, -0.2) is 0 Å². The zero-order valence-electron chi connectivity index (χ0n) is 10.8. The van der Waals surface area contributed by atoms with E-state index in [4.69, 9.17) is 0 Å². The quantitative estimate of drug-likeness (QED) is 0.735. The number of nitrogens with zero attached hydrogens (tertiary/aromatic N) is 1. The molecule has 1 fully saturated rings. The average molecular weight is 336 g/mol. The minimum absolute atomic E-state index is 0. The Bertz CT molecular complexity index is 551. The molecule has 100 valence electrons. The number of thiophene rings is 1. The maximum atomic E-state index is 2.69. The van der Waals surface area contributed by atoms with Crippen LogP contribution >= 0.6 is 28.3 Å². The van der Waals surface area contributed by atoms with Crippen LogP contribution in [-0.4, -0.2) is 18.0 Å². The first-order valence-electron chi connectivity index (χ1n) is 6.80. The fourth-order valence-corrected chi connectivity index (χ4v) is 4.62. The minimum atomic E-state index is 0. The molecule has 19 heavy (non-hydrogen) atoms. The second kappa shape index (κ2) is 5.39. The maximum absolute atomic E-state index is 2.69. The molecular weight excluding hydrogens is 318 g/mol. The van der Waals surface area contributed by atoms with Gasteiger partial charge in [0.25, 0.3) is 0 Å². The largest absolute Gasteiger partial charge is 0.295 e. The van der Waals surface area contributed by atoms with Crippen molar-refractivity contribution in [3.63, 3.8) is 0 Å². The van der Waals surface area contributed by atoms with Gasteiger partial charge >= 0.3 is 0 Å². The molecule has 1 nitrogen and oxygen atoms in total. The average Bonchev–Trinajstić information content (AvgIpc) is 3.06. The molecule has 2 aromatic rings. The molecule has 2 atom stereocenters. The summed E-state index contributed by atoms with van der Waals surface area (Å²) >= 11 is 1.95. The molecule has 1 saturated heterocycles. The predicted octanol–water partition coefficient (Wildman–Crippen LogP) is 4.61. The van der Waals surface area contributed by atoms with Gasteiger partial charge in [0.15, 0.2) is 0 Å². The lowest BCUT2D eigenvalue weighted by Gasteiger charge is -2.35. The van der Waals surface area contributed by atoms with Crippen LogP contribution in [0.1, 0.15) is 40.8 Å². The highest BCUT2D eigenvalue weighted by atomic mass is 79.9. The molecule has 0 aliphatic carbocycles. The third kappa shape index (κ3) is 2.18. The number of fused-ring (bicyclic) bond motifs is 3. The van der Waals surface area contributed by atoms with Crippen molar-refractivity contribution in [2.24, 2.45) is 0 Å². The first kappa shape index (κ1) is 13.3. The molecule has 0 N–H and O–H groups in total. The van der Waals surface area contributed by atoms with E-state index >= 15 is 0 Å². The minimum Gasteiger partial charge on any atom is -0.295 e. The molecule has 1 aromatic heterocycles. The number of benzene rings is 1. The van der Waals surface area contributed by atoms with Gasteiger partial charge in [-0.05, 0) is 42.0 Å². The molecule has 2 aliphatic rings. The highest BCUT2D eigenvalue weighted by Crippen LogP contribution is 2.46. The lowest BCUT2D eigenvalue weighted by Crippen LogP contribution is -2.33. The Morgan fingerprint density at radius 2 is 1.95 bits per heavy atom. The van der Waals surface area contributed by atoms with Gasteiger partial charge in [0, 0.05) is 23.4 Å². The van der Waals surface area contributed by atoms with Gasteiger partial charge in [-0.1, -0.05) is 30.3 Å². The second-order valence-electron chi connectivity index (χ2n) is 5.36. The van der Waals surface area contributed by atoms with Crippen molar-refractivity contribution >= 4 is 28.3 Å². The lowest BCUT2D eigenvalue weighted by molar-refractivity contribution is 0.233. The van der Waals surface area contributed by atoms with Crippen molar-refractivity contribution < 1.29 is 0 Å². The van der Waals surface area contributed by atoms with E-state index in [0.29, 0.717) is 12.0 Å². The molecule has 0 saturated carbocycles. The monoisotopic (exact) mass is 335 g/mol. The molecule has 0 radical (unpaired) electrons. The van der Waals surface area contributed by atoms with Gasteiger partial charge in [-0.3, -0.25) is 4.90 Å². The summed E-state index contributed by atoms with van der Waals surface area (Å²) in [6, 6.07) is 14.1. The molecule has 0 unspecified atom stereocenters. The summed E-state index contributed by atoms with van der Waals surface area (Å²) in [6.45, 7) is 2.49. The molecule has 2 aliphatic heterocycles. The Balaban J connectivity index is 0.00000110. The van der Waals surface area contributed by atoms with Crippen molar-refractivity contribution in [3.8, 4) is 0 Å². The smallest absolute Gasteiger partial charge is 0.0360 e. The number of hydrogen-bond acceptors (Lipinski definition) is 2. The van der Waals surface area contributed by atoms with Crippen molar-refractivity contribution in [1.29, 1.82) is 0 Å². The lowest BCUT2D eigenvalue weighted by atomic mass is 9.88. The van der Waals surface area contributed by atoms with E-state index in [1.54, 1.807) is 10.4 Å². The Morgan fingerprint density at radius 3 is 2.79 bits per heavy atom. The third-order valence-corrected chi connectivity index (χ3v) is 5.43. The Hall–Kier alpha value is -0.640. The summed E-state index contributed by atoms with van der Waals surface area (Å²) in [5.41, 5.74) is 3.09. The van der Waals surface area contributed by atoms with Crippen molar-refractivity contribution in [3.05, 3.63) is 57.8 Å². The van der Waals surface area contributed by atoms with Crippen molar-refractivity contribution in [2.45, 2.75) is 24.8 Å². The highest BCUT2D eigenvalue weighted by Gasteiger charge is 2.36.